The molecule has 6 heteroatoms. The second kappa shape index (κ2) is 7.99. The Labute approximate surface area is 153 Å². The van der Waals surface area contributed by atoms with Crippen LogP contribution in [0, 0.1) is 6.92 Å². The molecule has 1 aliphatic heterocycles. The van der Waals surface area contributed by atoms with Crippen molar-refractivity contribution < 1.29 is 9.59 Å². The van der Waals surface area contributed by atoms with E-state index in [1.54, 1.807) is 6.20 Å². The van der Waals surface area contributed by atoms with Gasteiger partial charge in [-0.1, -0.05) is 25.1 Å². The number of anilines is 2. The molecular formula is C20H24N4O2. The Kier molecular flexibility index (Phi) is 5.51. The van der Waals surface area contributed by atoms with Crippen molar-refractivity contribution in [2.45, 2.75) is 20.3 Å². The minimum atomic E-state index is -0.135. The molecule has 0 atom stereocenters. The molecule has 2 aromatic rings. The van der Waals surface area contributed by atoms with Crippen LogP contribution in [0.15, 0.2) is 42.6 Å². The number of rotatable bonds is 4. The lowest BCUT2D eigenvalue weighted by molar-refractivity contribution is -0.131. The quantitative estimate of drug-likeness (QED) is 0.919. The third-order valence-corrected chi connectivity index (χ3v) is 4.65. The average molecular weight is 352 g/mol. The number of aromatic nitrogens is 1. The van der Waals surface area contributed by atoms with E-state index < -0.39 is 0 Å². The van der Waals surface area contributed by atoms with Gasteiger partial charge in [0.2, 0.25) is 5.91 Å². The molecule has 2 amide bonds. The van der Waals surface area contributed by atoms with Crippen LogP contribution in [-0.2, 0) is 4.79 Å². The number of nitrogens with one attached hydrogen (secondary N) is 1. The molecule has 0 radical (unpaired) electrons. The van der Waals surface area contributed by atoms with Crippen molar-refractivity contribution in [3.8, 4) is 0 Å². The summed E-state index contributed by atoms with van der Waals surface area (Å²) in [6.45, 7) is 6.79. The number of piperazine rings is 1. The zero-order valence-electron chi connectivity index (χ0n) is 15.2. The molecule has 0 bridgehead atoms. The number of nitrogens with zero attached hydrogens (tertiary/aromatic N) is 3. The molecule has 26 heavy (non-hydrogen) atoms. The van der Waals surface area contributed by atoms with Crippen LogP contribution < -0.4 is 10.2 Å². The monoisotopic (exact) mass is 352 g/mol. The summed E-state index contributed by atoms with van der Waals surface area (Å²) in [6.07, 6.45) is 2.22. The van der Waals surface area contributed by atoms with Crippen molar-refractivity contribution in [3.63, 3.8) is 0 Å². The van der Waals surface area contributed by atoms with Gasteiger partial charge in [-0.15, -0.1) is 0 Å². The highest BCUT2D eigenvalue weighted by Crippen LogP contribution is 2.17. The minimum Gasteiger partial charge on any atom is -0.353 e. The van der Waals surface area contributed by atoms with Gasteiger partial charge >= 0.3 is 0 Å². The van der Waals surface area contributed by atoms with Gasteiger partial charge in [0.1, 0.15) is 5.82 Å². The summed E-state index contributed by atoms with van der Waals surface area (Å²) >= 11 is 0. The first kappa shape index (κ1) is 17.9. The summed E-state index contributed by atoms with van der Waals surface area (Å²) in [4.78, 5) is 32.6. The van der Waals surface area contributed by atoms with E-state index >= 15 is 0 Å². The van der Waals surface area contributed by atoms with Crippen LogP contribution in [0.2, 0.25) is 0 Å². The van der Waals surface area contributed by atoms with E-state index in [0.29, 0.717) is 17.7 Å². The first-order chi connectivity index (χ1) is 12.6. The third-order valence-electron chi connectivity index (χ3n) is 4.65. The summed E-state index contributed by atoms with van der Waals surface area (Å²) in [5.41, 5.74) is 2.27. The Morgan fingerprint density at radius 3 is 2.42 bits per heavy atom. The fourth-order valence-corrected chi connectivity index (χ4v) is 3.08. The Hall–Kier alpha value is -2.89. The van der Waals surface area contributed by atoms with Crippen molar-refractivity contribution in [2.75, 3.05) is 36.4 Å². The maximum absolute atomic E-state index is 12.4. The second-order valence-electron chi connectivity index (χ2n) is 6.40. The van der Waals surface area contributed by atoms with Gasteiger partial charge in [0.05, 0.1) is 11.9 Å². The molecule has 1 aliphatic rings. The molecule has 0 unspecified atom stereocenters. The van der Waals surface area contributed by atoms with Crippen molar-refractivity contribution >= 4 is 23.3 Å². The second-order valence-corrected chi connectivity index (χ2v) is 6.40. The third kappa shape index (κ3) is 4.02. The maximum Gasteiger partial charge on any atom is 0.255 e. The van der Waals surface area contributed by atoms with E-state index in [1.165, 1.54) is 0 Å². The van der Waals surface area contributed by atoms with Gasteiger partial charge in [-0.25, -0.2) is 4.98 Å². The number of hydrogen-bond acceptors (Lipinski definition) is 4. The first-order valence-corrected chi connectivity index (χ1v) is 8.94. The van der Waals surface area contributed by atoms with E-state index in [2.05, 4.69) is 15.2 Å². The fraction of sp³-hybridized carbons (Fsp3) is 0.350. The molecule has 3 rings (SSSR count). The van der Waals surface area contributed by atoms with Gasteiger partial charge in [-0.05, 0) is 30.7 Å². The van der Waals surface area contributed by atoms with Crippen LogP contribution in [0.3, 0.4) is 0 Å². The van der Waals surface area contributed by atoms with E-state index in [9.17, 15) is 9.59 Å². The van der Waals surface area contributed by atoms with Crippen LogP contribution in [-0.4, -0.2) is 47.9 Å². The number of pyridine rings is 1. The summed E-state index contributed by atoms with van der Waals surface area (Å²) in [5.74, 6) is 0.929. The number of hydrogen-bond donors (Lipinski definition) is 1. The zero-order valence-corrected chi connectivity index (χ0v) is 15.2. The van der Waals surface area contributed by atoms with Crippen LogP contribution in [0.25, 0.3) is 0 Å². The Morgan fingerprint density at radius 1 is 1.08 bits per heavy atom. The van der Waals surface area contributed by atoms with E-state index in [-0.39, 0.29) is 11.8 Å². The summed E-state index contributed by atoms with van der Waals surface area (Å²) in [5, 5.41) is 2.89. The topological polar surface area (TPSA) is 65.5 Å². The Bertz CT molecular complexity index is 781. The number of benzene rings is 1. The van der Waals surface area contributed by atoms with E-state index in [0.717, 1.165) is 37.6 Å². The lowest BCUT2D eigenvalue weighted by atomic mass is 10.1. The smallest absolute Gasteiger partial charge is 0.255 e. The van der Waals surface area contributed by atoms with Crippen LogP contribution in [0.5, 0.6) is 0 Å². The number of aryl methyl sites for hydroxylation is 1. The standard InChI is InChI=1S/C20H24N4O2/c1-3-19(25)24-12-10-23(11-13-24)18-9-8-16(14-21-18)22-20(26)17-7-5-4-6-15(17)2/h4-9,14H,3,10-13H2,1-2H3,(H,22,26). The SMILES string of the molecule is CCC(=O)N1CCN(c2ccc(NC(=O)c3ccccc3C)cn2)CC1. The maximum atomic E-state index is 12.4. The molecule has 136 valence electrons. The molecule has 6 nitrogen and oxygen atoms in total. The fourth-order valence-electron chi connectivity index (χ4n) is 3.08. The summed E-state index contributed by atoms with van der Waals surface area (Å²) < 4.78 is 0. The number of carbonyl (C=O) groups is 2. The summed E-state index contributed by atoms with van der Waals surface area (Å²) in [7, 11) is 0. The summed E-state index contributed by atoms with van der Waals surface area (Å²) in [6, 6.07) is 11.3. The van der Waals surface area contributed by atoms with Gasteiger partial charge in [-0.2, -0.15) is 0 Å². The first-order valence-electron chi connectivity index (χ1n) is 8.94. The molecule has 1 N–H and O–H groups in total. The van der Waals surface area contributed by atoms with Gasteiger partial charge < -0.3 is 15.1 Å². The highest BCUT2D eigenvalue weighted by atomic mass is 16.2. The molecule has 1 fully saturated rings. The lowest BCUT2D eigenvalue weighted by Crippen LogP contribution is -2.48. The zero-order chi connectivity index (χ0) is 18.5. The molecular weight excluding hydrogens is 328 g/mol. The molecule has 1 aromatic heterocycles. The highest BCUT2D eigenvalue weighted by molar-refractivity contribution is 6.05. The van der Waals surface area contributed by atoms with Gasteiger partial charge in [0.15, 0.2) is 0 Å². The van der Waals surface area contributed by atoms with Crippen molar-refractivity contribution in [1.29, 1.82) is 0 Å². The number of amides is 2. The predicted molar refractivity (Wildman–Crippen MR) is 102 cm³/mol. The molecule has 0 saturated carbocycles. The van der Waals surface area contributed by atoms with Gasteiger partial charge in [0, 0.05) is 38.2 Å². The van der Waals surface area contributed by atoms with Crippen LogP contribution >= 0.6 is 0 Å². The van der Waals surface area contributed by atoms with Crippen LogP contribution in [0.1, 0.15) is 29.3 Å². The van der Waals surface area contributed by atoms with Crippen molar-refractivity contribution in [3.05, 3.63) is 53.7 Å². The Morgan fingerprint density at radius 2 is 1.81 bits per heavy atom. The largest absolute Gasteiger partial charge is 0.353 e. The molecule has 1 saturated heterocycles. The van der Waals surface area contributed by atoms with Crippen molar-refractivity contribution in [1.82, 2.24) is 9.88 Å². The van der Waals surface area contributed by atoms with E-state index in [4.69, 9.17) is 0 Å². The lowest BCUT2D eigenvalue weighted by Gasteiger charge is -2.35. The Balaban J connectivity index is 1.60. The van der Waals surface area contributed by atoms with Crippen LogP contribution in [0.4, 0.5) is 11.5 Å². The minimum absolute atomic E-state index is 0.135. The van der Waals surface area contributed by atoms with Gasteiger partial charge in [0.25, 0.3) is 5.91 Å². The van der Waals surface area contributed by atoms with E-state index in [1.807, 2.05) is 55.1 Å². The molecule has 1 aromatic carbocycles. The van der Waals surface area contributed by atoms with Gasteiger partial charge in [-0.3, -0.25) is 9.59 Å². The predicted octanol–water partition coefficient (Wildman–Crippen LogP) is 2.70. The highest BCUT2D eigenvalue weighted by Gasteiger charge is 2.20. The normalized spacial score (nSPS) is 14.2. The molecule has 2 heterocycles. The average Bonchev–Trinajstić information content (AvgIpc) is 2.68. The molecule has 0 spiro atoms. The molecule has 0 aliphatic carbocycles. The number of carbonyl (C=O) groups excluding carboxylic acids is 2. The van der Waals surface area contributed by atoms with Crippen molar-refractivity contribution in [2.24, 2.45) is 0 Å².